The van der Waals surface area contributed by atoms with Gasteiger partial charge in [-0.25, -0.2) is 0 Å². The molecule has 0 amide bonds. The summed E-state index contributed by atoms with van der Waals surface area (Å²) in [5, 5.41) is 9.90. The van der Waals surface area contributed by atoms with Crippen LogP contribution in [0.3, 0.4) is 0 Å². The fourth-order valence-corrected chi connectivity index (χ4v) is 2.34. The summed E-state index contributed by atoms with van der Waals surface area (Å²) >= 11 is 0. The maximum atomic E-state index is 9.90. The second kappa shape index (κ2) is 4.21. The number of nitrogens with two attached hydrogens (primary N) is 1. The Morgan fingerprint density at radius 3 is 2.93 bits per heavy atom. The van der Waals surface area contributed by atoms with E-state index in [0.29, 0.717) is 12.5 Å². The van der Waals surface area contributed by atoms with Crippen LogP contribution in [0.4, 0.5) is 0 Å². The van der Waals surface area contributed by atoms with Crippen molar-refractivity contribution in [1.29, 1.82) is 0 Å². The van der Waals surface area contributed by atoms with E-state index in [2.05, 4.69) is 0 Å². The van der Waals surface area contributed by atoms with Gasteiger partial charge in [-0.15, -0.1) is 0 Å². The van der Waals surface area contributed by atoms with Gasteiger partial charge in [-0.05, 0) is 48.6 Å². The van der Waals surface area contributed by atoms with Gasteiger partial charge in [0.15, 0.2) is 0 Å². The molecule has 3 nitrogen and oxygen atoms in total. The van der Waals surface area contributed by atoms with E-state index < -0.39 is 0 Å². The Balaban J connectivity index is 2.32. The third kappa shape index (κ3) is 1.85. The van der Waals surface area contributed by atoms with E-state index >= 15 is 0 Å². The summed E-state index contributed by atoms with van der Waals surface area (Å²) < 4.78 is 5.15. The van der Waals surface area contributed by atoms with Crippen molar-refractivity contribution in [1.82, 2.24) is 0 Å². The summed E-state index contributed by atoms with van der Waals surface area (Å²) in [5.74, 6) is 1.21. The summed E-state index contributed by atoms with van der Waals surface area (Å²) in [6.07, 6.45) is 1.38. The fraction of sp³-hybridized carbons (Fsp3) is 0.500. The molecule has 2 atom stereocenters. The van der Waals surface area contributed by atoms with Gasteiger partial charge in [-0.1, -0.05) is 6.07 Å². The zero-order valence-electron chi connectivity index (χ0n) is 8.94. The lowest BCUT2D eigenvalue weighted by molar-refractivity contribution is 0.172. The minimum atomic E-state index is -0.355. The highest BCUT2D eigenvalue weighted by molar-refractivity contribution is 5.42. The van der Waals surface area contributed by atoms with Gasteiger partial charge in [0.25, 0.3) is 0 Å². The van der Waals surface area contributed by atoms with Crippen LogP contribution in [0.5, 0.6) is 5.75 Å². The van der Waals surface area contributed by atoms with E-state index in [0.717, 1.165) is 24.2 Å². The summed E-state index contributed by atoms with van der Waals surface area (Å²) in [6.45, 7) is 0.669. The quantitative estimate of drug-likeness (QED) is 0.791. The highest BCUT2D eigenvalue weighted by atomic mass is 16.5. The van der Waals surface area contributed by atoms with Gasteiger partial charge >= 0.3 is 0 Å². The van der Waals surface area contributed by atoms with Gasteiger partial charge in [-0.3, -0.25) is 0 Å². The first-order valence-corrected chi connectivity index (χ1v) is 5.32. The van der Waals surface area contributed by atoms with E-state index in [9.17, 15) is 5.11 Å². The molecule has 15 heavy (non-hydrogen) atoms. The molecule has 0 saturated carbocycles. The molecule has 0 spiro atoms. The van der Waals surface area contributed by atoms with Crippen LogP contribution >= 0.6 is 0 Å². The fourth-order valence-electron chi connectivity index (χ4n) is 2.34. The highest BCUT2D eigenvalue weighted by Crippen LogP contribution is 2.43. The predicted octanol–water partition coefficient (Wildman–Crippen LogP) is 1.56. The molecule has 2 rings (SSSR count). The smallest absolute Gasteiger partial charge is 0.119 e. The van der Waals surface area contributed by atoms with Crippen LogP contribution < -0.4 is 10.5 Å². The average Bonchev–Trinajstić information content (AvgIpc) is 2.56. The number of methoxy groups -OCH3 is 1. The zero-order chi connectivity index (χ0) is 10.8. The number of ether oxygens (including phenoxy) is 1. The molecular formula is C12H17NO2. The maximum Gasteiger partial charge on any atom is 0.119 e. The number of aliphatic hydroxyl groups is 1. The molecular weight excluding hydrogens is 190 g/mol. The molecule has 0 bridgehead atoms. The second-order valence-electron chi connectivity index (χ2n) is 4.02. The number of hydrogen-bond donors (Lipinski definition) is 2. The number of fused-ring (bicyclic) bond motifs is 1. The molecule has 1 aliphatic carbocycles. The van der Waals surface area contributed by atoms with Crippen LogP contribution in [-0.4, -0.2) is 18.8 Å². The lowest BCUT2D eigenvalue weighted by atomic mass is 9.98. The molecule has 0 saturated heterocycles. The Morgan fingerprint density at radius 1 is 1.47 bits per heavy atom. The SMILES string of the molecule is COc1ccc2c(c1)C(O)CC2CCN. The molecule has 1 aromatic rings. The molecule has 0 aliphatic heterocycles. The van der Waals surface area contributed by atoms with Crippen molar-refractivity contribution in [3.8, 4) is 5.75 Å². The number of rotatable bonds is 3. The first-order chi connectivity index (χ1) is 7.26. The first-order valence-electron chi connectivity index (χ1n) is 5.32. The number of hydrogen-bond acceptors (Lipinski definition) is 3. The van der Waals surface area contributed by atoms with Crippen molar-refractivity contribution >= 4 is 0 Å². The van der Waals surface area contributed by atoms with Gasteiger partial charge in [0.1, 0.15) is 5.75 Å². The highest BCUT2D eigenvalue weighted by Gasteiger charge is 2.29. The Kier molecular flexibility index (Phi) is 2.93. The standard InChI is InChI=1S/C12H17NO2/c1-15-9-2-3-10-8(4-5-13)6-12(14)11(10)7-9/h2-3,7-8,12,14H,4-6,13H2,1H3. The number of benzene rings is 1. The maximum absolute atomic E-state index is 9.90. The van der Waals surface area contributed by atoms with Crippen molar-refractivity contribution < 1.29 is 9.84 Å². The minimum absolute atomic E-state index is 0.355. The van der Waals surface area contributed by atoms with Crippen LogP contribution in [-0.2, 0) is 0 Å². The van der Waals surface area contributed by atoms with E-state index in [1.165, 1.54) is 5.56 Å². The third-order valence-corrected chi connectivity index (χ3v) is 3.12. The second-order valence-corrected chi connectivity index (χ2v) is 4.02. The van der Waals surface area contributed by atoms with Gasteiger partial charge in [0, 0.05) is 0 Å². The van der Waals surface area contributed by atoms with Crippen molar-refractivity contribution in [2.45, 2.75) is 24.9 Å². The van der Waals surface area contributed by atoms with Gasteiger partial charge < -0.3 is 15.6 Å². The Morgan fingerprint density at radius 2 is 2.27 bits per heavy atom. The van der Waals surface area contributed by atoms with Crippen molar-refractivity contribution in [3.63, 3.8) is 0 Å². The van der Waals surface area contributed by atoms with E-state index in [-0.39, 0.29) is 6.10 Å². The van der Waals surface area contributed by atoms with Crippen LogP contribution in [0.2, 0.25) is 0 Å². The van der Waals surface area contributed by atoms with Crippen molar-refractivity contribution in [2.24, 2.45) is 5.73 Å². The van der Waals surface area contributed by atoms with Crippen LogP contribution in [0.15, 0.2) is 18.2 Å². The van der Waals surface area contributed by atoms with E-state index in [4.69, 9.17) is 10.5 Å². The number of aliphatic hydroxyl groups excluding tert-OH is 1. The Bertz CT molecular complexity index is 351. The molecule has 0 fully saturated rings. The average molecular weight is 207 g/mol. The topological polar surface area (TPSA) is 55.5 Å². The molecule has 2 unspecified atom stereocenters. The molecule has 0 heterocycles. The predicted molar refractivity (Wildman–Crippen MR) is 59.0 cm³/mol. The molecule has 82 valence electrons. The summed E-state index contributed by atoms with van der Waals surface area (Å²) in [4.78, 5) is 0. The van der Waals surface area contributed by atoms with Crippen LogP contribution in [0, 0.1) is 0 Å². The van der Waals surface area contributed by atoms with Crippen molar-refractivity contribution in [3.05, 3.63) is 29.3 Å². The molecule has 3 heteroatoms. The zero-order valence-corrected chi connectivity index (χ0v) is 8.94. The van der Waals surface area contributed by atoms with Gasteiger partial charge in [-0.2, -0.15) is 0 Å². The van der Waals surface area contributed by atoms with E-state index in [1.807, 2.05) is 18.2 Å². The lowest BCUT2D eigenvalue weighted by Gasteiger charge is -2.09. The third-order valence-electron chi connectivity index (χ3n) is 3.12. The summed E-state index contributed by atoms with van der Waals surface area (Å²) in [5.41, 5.74) is 7.80. The Hall–Kier alpha value is -1.06. The van der Waals surface area contributed by atoms with Crippen LogP contribution in [0.25, 0.3) is 0 Å². The van der Waals surface area contributed by atoms with Crippen LogP contribution in [0.1, 0.15) is 36.0 Å². The molecule has 0 aromatic heterocycles. The normalized spacial score (nSPS) is 23.9. The van der Waals surface area contributed by atoms with Crippen molar-refractivity contribution in [2.75, 3.05) is 13.7 Å². The summed E-state index contributed by atoms with van der Waals surface area (Å²) in [6, 6.07) is 5.92. The monoisotopic (exact) mass is 207 g/mol. The van der Waals surface area contributed by atoms with E-state index in [1.54, 1.807) is 7.11 Å². The molecule has 3 N–H and O–H groups in total. The lowest BCUT2D eigenvalue weighted by Crippen LogP contribution is -2.04. The molecule has 1 aromatic carbocycles. The Labute approximate surface area is 89.9 Å². The first kappa shape index (κ1) is 10.5. The molecule has 1 aliphatic rings. The minimum Gasteiger partial charge on any atom is -0.497 e. The largest absolute Gasteiger partial charge is 0.497 e. The van der Waals surface area contributed by atoms with Gasteiger partial charge in [0.2, 0.25) is 0 Å². The van der Waals surface area contributed by atoms with Gasteiger partial charge in [0.05, 0.1) is 13.2 Å². The summed E-state index contributed by atoms with van der Waals surface area (Å²) in [7, 11) is 1.64. The molecule has 0 radical (unpaired) electrons.